The summed E-state index contributed by atoms with van der Waals surface area (Å²) in [5, 5.41) is 13.1. The first-order chi connectivity index (χ1) is 18.3. The lowest BCUT2D eigenvalue weighted by atomic mass is 10.1. The van der Waals surface area contributed by atoms with Crippen LogP contribution in [0, 0.1) is 5.82 Å². The summed E-state index contributed by atoms with van der Waals surface area (Å²) in [6.07, 6.45) is 3.03. The number of halogens is 2. The van der Waals surface area contributed by atoms with Crippen molar-refractivity contribution >= 4 is 46.2 Å². The quantitative estimate of drug-likeness (QED) is 0.280. The number of carbonyl (C=O) groups is 3. The number of fused-ring (bicyclic) bond motifs is 2. The van der Waals surface area contributed by atoms with Gasteiger partial charge >= 0.3 is 5.97 Å². The lowest BCUT2D eigenvalue weighted by Crippen LogP contribution is -2.44. The number of para-hydroxylation sites is 1. The smallest absolute Gasteiger partial charge is 0.326 e. The van der Waals surface area contributed by atoms with Crippen molar-refractivity contribution in [3.63, 3.8) is 0 Å². The maximum Gasteiger partial charge on any atom is 0.326 e. The standard InChI is InChI=1S/C28H20ClFN2O6/c29-20-5-3-6-21(30)19(20)12-25-27(34)18-9-8-16(11-24(18)38-25)37-14-26(33)32-23(28(35)36)10-15-13-31-22-7-2-1-4-17(15)22/h1-9,11-13,23,31H,10,14H2,(H,32,33)(H,35,36). The van der Waals surface area contributed by atoms with Crippen molar-refractivity contribution in [3.05, 3.63) is 100 Å². The van der Waals surface area contributed by atoms with Gasteiger partial charge < -0.3 is 24.9 Å². The Balaban J connectivity index is 1.23. The van der Waals surface area contributed by atoms with Crippen molar-refractivity contribution in [1.82, 2.24) is 10.3 Å². The van der Waals surface area contributed by atoms with Crippen molar-refractivity contribution in [1.29, 1.82) is 0 Å². The summed E-state index contributed by atoms with van der Waals surface area (Å²) >= 11 is 6.04. The fourth-order valence-electron chi connectivity index (χ4n) is 4.14. The van der Waals surface area contributed by atoms with Crippen molar-refractivity contribution in [2.45, 2.75) is 12.5 Å². The maximum absolute atomic E-state index is 14.1. The van der Waals surface area contributed by atoms with Crippen LogP contribution in [0.1, 0.15) is 21.5 Å². The van der Waals surface area contributed by atoms with Gasteiger partial charge in [-0.3, -0.25) is 9.59 Å². The molecule has 0 saturated carbocycles. The zero-order valence-corrected chi connectivity index (χ0v) is 20.4. The van der Waals surface area contributed by atoms with Crippen LogP contribution in [0.25, 0.3) is 17.0 Å². The largest absolute Gasteiger partial charge is 0.484 e. The van der Waals surface area contributed by atoms with Gasteiger partial charge in [0.1, 0.15) is 23.4 Å². The van der Waals surface area contributed by atoms with Gasteiger partial charge in [0.25, 0.3) is 5.91 Å². The van der Waals surface area contributed by atoms with Crippen molar-refractivity contribution in [2.24, 2.45) is 0 Å². The summed E-state index contributed by atoms with van der Waals surface area (Å²) in [7, 11) is 0. The number of rotatable bonds is 8. The molecule has 10 heteroatoms. The average Bonchev–Trinajstić information content (AvgIpc) is 3.44. The highest BCUT2D eigenvalue weighted by molar-refractivity contribution is 6.32. The zero-order valence-electron chi connectivity index (χ0n) is 19.7. The van der Waals surface area contributed by atoms with Crippen molar-refractivity contribution in [2.75, 3.05) is 6.61 Å². The van der Waals surface area contributed by atoms with Crippen LogP contribution < -0.4 is 14.8 Å². The molecule has 1 atom stereocenters. The van der Waals surface area contributed by atoms with E-state index < -0.39 is 36.1 Å². The number of amides is 1. The van der Waals surface area contributed by atoms with E-state index in [1.54, 1.807) is 6.20 Å². The molecule has 0 radical (unpaired) electrons. The molecule has 0 bridgehead atoms. The Morgan fingerprint density at radius 1 is 1.16 bits per heavy atom. The number of Topliss-reactive ketones (excluding diaryl/α,β-unsaturated/α-hetero) is 1. The molecule has 0 saturated heterocycles. The number of aromatic nitrogens is 1. The van der Waals surface area contributed by atoms with E-state index >= 15 is 0 Å². The van der Waals surface area contributed by atoms with Gasteiger partial charge in [0.05, 0.1) is 10.6 Å². The number of carbonyl (C=O) groups excluding carboxylic acids is 2. The van der Waals surface area contributed by atoms with E-state index in [4.69, 9.17) is 21.1 Å². The molecular weight excluding hydrogens is 515 g/mol. The Labute approximate surface area is 220 Å². The van der Waals surface area contributed by atoms with E-state index in [1.807, 2.05) is 24.3 Å². The summed E-state index contributed by atoms with van der Waals surface area (Å²) < 4.78 is 25.2. The fraction of sp³-hybridized carbons (Fsp3) is 0.107. The predicted octanol–water partition coefficient (Wildman–Crippen LogP) is 4.77. The van der Waals surface area contributed by atoms with Crippen LogP contribution in [0.15, 0.2) is 72.6 Å². The number of ketones is 1. The topological polar surface area (TPSA) is 118 Å². The highest BCUT2D eigenvalue weighted by Crippen LogP contribution is 2.35. The van der Waals surface area contributed by atoms with Crippen LogP contribution >= 0.6 is 11.6 Å². The maximum atomic E-state index is 14.1. The summed E-state index contributed by atoms with van der Waals surface area (Å²) in [4.78, 5) is 40.0. The molecule has 1 amide bonds. The molecule has 1 aliphatic heterocycles. The molecule has 4 aromatic rings. The second-order valence-electron chi connectivity index (χ2n) is 8.54. The Morgan fingerprint density at radius 2 is 1.97 bits per heavy atom. The van der Waals surface area contributed by atoms with Gasteiger partial charge in [-0.15, -0.1) is 0 Å². The van der Waals surface area contributed by atoms with Gasteiger partial charge in [-0.05, 0) is 42.0 Å². The number of H-pyrrole nitrogens is 1. The van der Waals surface area contributed by atoms with Crippen LogP contribution in [0.2, 0.25) is 5.02 Å². The SMILES string of the molecule is O=C(COc1ccc2c(c1)OC(=Cc1c(F)cccc1Cl)C2=O)NC(Cc1c[nH]c2ccccc12)C(=O)O. The second kappa shape index (κ2) is 10.4. The minimum atomic E-state index is -1.18. The number of aliphatic carboxylic acids is 1. The number of aromatic amines is 1. The minimum absolute atomic E-state index is 0.0269. The summed E-state index contributed by atoms with van der Waals surface area (Å²) in [5.41, 5.74) is 1.90. The van der Waals surface area contributed by atoms with Gasteiger partial charge in [-0.25, -0.2) is 9.18 Å². The molecule has 1 unspecified atom stereocenters. The summed E-state index contributed by atoms with van der Waals surface area (Å²) in [6.45, 7) is -0.460. The molecule has 8 nitrogen and oxygen atoms in total. The Kier molecular flexibility index (Phi) is 6.85. The third kappa shape index (κ3) is 5.09. The van der Waals surface area contributed by atoms with E-state index in [2.05, 4.69) is 10.3 Å². The fourth-order valence-corrected chi connectivity index (χ4v) is 4.36. The summed E-state index contributed by atoms with van der Waals surface area (Å²) in [5.74, 6) is -2.58. The number of allylic oxidation sites excluding steroid dienone is 1. The van der Waals surface area contributed by atoms with Crippen molar-refractivity contribution < 1.29 is 33.4 Å². The highest BCUT2D eigenvalue weighted by atomic mass is 35.5. The Morgan fingerprint density at radius 3 is 2.76 bits per heavy atom. The van der Waals surface area contributed by atoms with Crippen LogP contribution in [0.5, 0.6) is 11.5 Å². The molecule has 3 aromatic carbocycles. The van der Waals surface area contributed by atoms with Crippen molar-refractivity contribution in [3.8, 4) is 11.5 Å². The van der Waals surface area contributed by atoms with Gasteiger partial charge in [0, 0.05) is 35.2 Å². The van der Waals surface area contributed by atoms with E-state index in [9.17, 15) is 23.9 Å². The van der Waals surface area contributed by atoms with Gasteiger partial charge in [-0.1, -0.05) is 35.9 Å². The van der Waals surface area contributed by atoms with Gasteiger partial charge in [0.2, 0.25) is 5.78 Å². The van der Waals surface area contributed by atoms with Crippen LogP contribution in [-0.2, 0) is 16.0 Å². The molecule has 0 spiro atoms. The Bertz CT molecular complexity index is 1590. The number of carboxylic acids is 1. The molecule has 192 valence electrons. The number of carboxylic acid groups (broad SMARTS) is 1. The first kappa shape index (κ1) is 25.0. The number of nitrogens with one attached hydrogen (secondary N) is 2. The third-order valence-electron chi connectivity index (χ3n) is 6.02. The second-order valence-corrected chi connectivity index (χ2v) is 8.95. The van der Waals surface area contributed by atoms with E-state index in [1.165, 1.54) is 42.5 Å². The third-order valence-corrected chi connectivity index (χ3v) is 6.35. The van der Waals surface area contributed by atoms with E-state index in [0.29, 0.717) is 0 Å². The lowest BCUT2D eigenvalue weighted by Gasteiger charge is -2.15. The minimum Gasteiger partial charge on any atom is -0.484 e. The van der Waals surface area contributed by atoms with Gasteiger partial charge in [-0.2, -0.15) is 0 Å². The number of benzene rings is 3. The van der Waals surface area contributed by atoms with Crippen LogP contribution in [-0.4, -0.2) is 40.4 Å². The number of ether oxygens (including phenoxy) is 2. The molecule has 2 heterocycles. The molecule has 5 rings (SSSR count). The molecular formula is C28H20ClFN2O6. The monoisotopic (exact) mass is 534 g/mol. The molecule has 1 aliphatic rings. The molecule has 0 aliphatic carbocycles. The molecule has 1 aromatic heterocycles. The lowest BCUT2D eigenvalue weighted by molar-refractivity contribution is -0.142. The first-order valence-electron chi connectivity index (χ1n) is 11.5. The number of hydrogen-bond acceptors (Lipinski definition) is 5. The average molecular weight is 535 g/mol. The molecule has 3 N–H and O–H groups in total. The van der Waals surface area contributed by atoms with E-state index in [0.717, 1.165) is 16.5 Å². The summed E-state index contributed by atoms with van der Waals surface area (Å²) in [6, 6.07) is 14.8. The van der Waals surface area contributed by atoms with Gasteiger partial charge in [0.15, 0.2) is 12.4 Å². The molecule has 0 fully saturated rings. The van der Waals surface area contributed by atoms with Crippen LogP contribution in [0.3, 0.4) is 0 Å². The zero-order chi connectivity index (χ0) is 26.8. The van der Waals surface area contributed by atoms with Crippen LogP contribution in [0.4, 0.5) is 4.39 Å². The highest BCUT2D eigenvalue weighted by Gasteiger charge is 2.29. The molecule has 38 heavy (non-hydrogen) atoms. The number of hydrogen-bond donors (Lipinski definition) is 3. The predicted molar refractivity (Wildman–Crippen MR) is 138 cm³/mol. The first-order valence-corrected chi connectivity index (χ1v) is 11.9. The Hall–Kier alpha value is -4.63. The normalized spacial score (nSPS) is 14.3. The van der Waals surface area contributed by atoms with E-state index in [-0.39, 0.29) is 39.8 Å².